The maximum atomic E-state index is 12.2. The zero-order chi connectivity index (χ0) is 16.6. The number of hydrogen-bond donors (Lipinski definition) is 0. The predicted molar refractivity (Wildman–Crippen MR) is 90.6 cm³/mol. The van der Waals surface area contributed by atoms with Crippen molar-refractivity contribution in [1.82, 2.24) is 9.80 Å². The van der Waals surface area contributed by atoms with Gasteiger partial charge in [-0.15, -0.1) is 0 Å². The maximum absolute atomic E-state index is 12.2. The SMILES string of the molecule is CC1CN(Cc2ccccc2)CC2(CCN(C(=O)C3CO3)CC2)O1. The van der Waals surface area contributed by atoms with Gasteiger partial charge in [-0.05, 0) is 25.3 Å². The highest BCUT2D eigenvalue weighted by molar-refractivity contribution is 5.83. The Labute approximate surface area is 143 Å². The van der Waals surface area contributed by atoms with Gasteiger partial charge in [0.05, 0.1) is 18.3 Å². The summed E-state index contributed by atoms with van der Waals surface area (Å²) in [6.07, 6.45) is 1.90. The van der Waals surface area contributed by atoms with Crippen LogP contribution in [0, 0.1) is 0 Å². The van der Waals surface area contributed by atoms with E-state index < -0.39 is 0 Å². The molecule has 0 bridgehead atoms. The number of carbonyl (C=O) groups excluding carboxylic acids is 1. The number of benzene rings is 1. The molecule has 1 aromatic rings. The maximum Gasteiger partial charge on any atom is 0.254 e. The lowest BCUT2D eigenvalue weighted by atomic mass is 9.88. The molecule has 5 heteroatoms. The molecule has 5 nitrogen and oxygen atoms in total. The van der Waals surface area contributed by atoms with Crippen molar-refractivity contribution < 1.29 is 14.3 Å². The molecule has 4 rings (SSSR count). The lowest BCUT2D eigenvalue weighted by Gasteiger charge is -2.49. The number of nitrogens with zero attached hydrogens (tertiary/aromatic N) is 2. The van der Waals surface area contributed by atoms with Gasteiger partial charge in [0, 0.05) is 32.7 Å². The number of amides is 1. The van der Waals surface area contributed by atoms with Gasteiger partial charge in [0.2, 0.25) is 0 Å². The molecular weight excluding hydrogens is 304 g/mol. The van der Waals surface area contributed by atoms with Gasteiger partial charge < -0.3 is 14.4 Å². The minimum atomic E-state index is -0.167. The van der Waals surface area contributed by atoms with Crippen LogP contribution in [0.3, 0.4) is 0 Å². The van der Waals surface area contributed by atoms with Crippen molar-refractivity contribution in [2.24, 2.45) is 0 Å². The summed E-state index contributed by atoms with van der Waals surface area (Å²) in [5, 5.41) is 0. The van der Waals surface area contributed by atoms with E-state index in [0.29, 0.717) is 6.61 Å². The molecule has 0 aliphatic carbocycles. The van der Waals surface area contributed by atoms with E-state index in [1.54, 1.807) is 0 Å². The summed E-state index contributed by atoms with van der Waals surface area (Å²) >= 11 is 0. The number of epoxide rings is 1. The zero-order valence-electron chi connectivity index (χ0n) is 14.3. The number of carbonyl (C=O) groups is 1. The van der Waals surface area contributed by atoms with Crippen LogP contribution in [-0.2, 0) is 20.8 Å². The molecular formula is C19H26N2O3. The van der Waals surface area contributed by atoms with E-state index >= 15 is 0 Å². The summed E-state index contributed by atoms with van der Waals surface area (Å²) < 4.78 is 11.5. The van der Waals surface area contributed by atoms with E-state index in [0.717, 1.165) is 45.6 Å². The van der Waals surface area contributed by atoms with Gasteiger partial charge in [-0.2, -0.15) is 0 Å². The number of morpholine rings is 1. The average Bonchev–Trinajstić information content (AvgIpc) is 3.40. The third-order valence-electron chi connectivity index (χ3n) is 5.32. The van der Waals surface area contributed by atoms with Crippen molar-refractivity contribution in [3.05, 3.63) is 35.9 Å². The van der Waals surface area contributed by atoms with E-state index in [4.69, 9.17) is 9.47 Å². The van der Waals surface area contributed by atoms with Crippen LogP contribution in [0.15, 0.2) is 30.3 Å². The molecule has 2 unspecified atom stereocenters. The topological polar surface area (TPSA) is 45.3 Å². The van der Waals surface area contributed by atoms with Gasteiger partial charge in [0.1, 0.15) is 0 Å². The van der Waals surface area contributed by atoms with E-state index in [-0.39, 0.29) is 23.7 Å². The third-order valence-corrected chi connectivity index (χ3v) is 5.32. The van der Waals surface area contributed by atoms with Gasteiger partial charge in [-0.25, -0.2) is 0 Å². The highest BCUT2D eigenvalue weighted by Crippen LogP contribution is 2.33. The first-order chi connectivity index (χ1) is 11.6. The molecule has 3 heterocycles. The van der Waals surface area contributed by atoms with Gasteiger partial charge in [0.15, 0.2) is 6.10 Å². The number of ether oxygens (including phenoxy) is 2. The molecule has 130 valence electrons. The van der Waals surface area contributed by atoms with Crippen LogP contribution in [0.25, 0.3) is 0 Å². The molecule has 3 saturated heterocycles. The Balaban J connectivity index is 1.38. The summed E-state index contributed by atoms with van der Waals surface area (Å²) in [5.41, 5.74) is 1.24. The molecule has 3 fully saturated rings. The van der Waals surface area contributed by atoms with E-state index in [1.165, 1.54) is 5.56 Å². The van der Waals surface area contributed by atoms with Crippen LogP contribution < -0.4 is 0 Å². The minimum absolute atomic E-state index is 0.104. The number of rotatable bonds is 3. The van der Waals surface area contributed by atoms with Crippen molar-refractivity contribution >= 4 is 5.91 Å². The van der Waals surface area contributed by atoms with Crippen LogP contribution in [0.4, 0.5) is 0 Å². The summed E-state index contributed by atoms with van der Waals surface area (Å²) in [6, 6.07) is 10.6. The smallest absolute Gasteiger partial charge is 0.254 e. The largest absolute Gasteiger partial charge is 0.369 e. The van der Waals surface area contributed by atoms with Gasteiger partial charge in [-0.3, -0.25) is 9.69 Å². The standard InChI is InChI=1S/C19H26N2O3/c1-15-11-20(12-16-5-3-2-4-6-16)14-19(24-15)7-9-21(10-8-19)18(22)17-13-23-17/h2-6,15,17H,7-14H2,1H3. The van der Waals surface area contributed by atoms with Crippen molar-refractivity contribution in [2.75, 3.05) is 32.8 Å². The predicted octanol–water partition coefficient (Wildman–Crippen LogP) is 1.67. The molecule has 3 aliphatic rings. The van der Waals surface area contributed by atoms with Crippen LogP contribution >= 0.6 is 0 Å². The Morgan fingerprint density at radius 3 is 2.62 bits per heavy atom. The molecule has 2 atom stereocenters. The van der Waals surface area contributed by atoms with Gasteiger partial charge in [-0.1, -0.05) is 30.3 Å². The molecule has 0 saturated carbocycles. The van der Waals surface area contributed by atoms with E-state index in [1.807, 2.05) is 4.90 Å². The number of hydrogen-bond acceptors (Lipinski definition) is 4. The number of likely N-dealkylation sites (tertiary alicyclic amines) is 1. The minimum Gasteiger partial charge on any atom is -0.369 e. The summed E-state index contributed by atoms with van der Waals surface area (Å²) in [5.74, 6) is 0.162. The van der Waals surface area contributed by atoms with Crippen molar-refractivity contribution in [3.8, 4) is 0 Å². The third kappa shape index (κ3) is 3.48. The molecule has 0 radical (unpaired) electrons. The first kappa shape index (κ1) is 16.1. The first-order valence-corrected chi connectivity index (χ1v) is 8.98. The highest BCUT2D eigenvalue weighted by atomic mass is 16.6. The lowest BCUT2D eigenvalue weighted by Crippen LogP contribution is -2.59. The molecule has 1 aromatic carbocycles. The molecule has 3 aliphatic heterocycles. The van der Waals surface area contributed by atoms with Crippen LogP contribution in [-0.4, -0.2) is 66.3 Å². The van der Waals surface area contributed by atoms with E-state index in [2.05, 4.69) is 42.2 Å². The monoisotopic (exact) mass is 330 g/mol. The Hall–Kier alpha value is -1.43. The summed E-state index contributed by atoms with van der Waals surface area (Å²) in [7, 11) is 0. The molecule has 1 spiro atoms. The second kappa shape index (κ2) is 6.47. The van der Waals surface area contributed by atoms with Crippen molar-refractivity contribution in [2.45, 2.75) is 44.1 Å². The molecule has 0 N–H and O–H groups in total. The Kier molecular flexibility index (Phi) is 4.33. The van der Waals surface area contributed by atoms with E-state index in [9.17, 15) is 4.79 Å². The fraction of sp³-hybridized carbons (Fsp3) is 0.632. The fourth-order valence-electron chi connectivity index (χ4n) is 4.10. The molecule has 1 amide bonds. The lowest BCUT2D eigenvalue weighted by molar-refractivity contribution is -0.175. The van der Waals surface area contributed by atoms with Crippen molar-refractivity contribution in [1.29, 1.82) is 0 Å². The zero-order valence-corrected chi connectivity index (χ0v) is 14.3. The molecule has 0 aromatic heterocycles. The van der Waals surface area contributed by atoms with Crippen molar-refractivity contribution in [3.63, 3.8) is 0 Å². The van der Waals surface area contributed by atoms with Crippen LogP contribution in [0.5, 0.6) is 0 Å². The summed E-state index contributed by atoms with van der Waals surface area (Å²) in [4.78, 5) is 16.6. The Morgan fingerprint density at radius 2 is 1.96 bits per heavy atom. The second-order valence-electron chi connectivity index (χ2n) is 7.41. The summed E-state index contributed by atoms with van der Waals surface area (Å²) in [6.45, 7) is 7.21. The molecule has 24 heavy (non-hydrogen) atoms. The van der Waals surface area contributed by atoms with Crippen LogP contribution in [0.2, 0.25) is 0 Å². The first-order valence-electron chi connectivity index (χ1n) is 8.98. The quantitative estimate of drug-likeness (QED) is 0.791. The van der Waals surface area contributed by atoms with Crippen LogP contribution in [0.1, 0.15) is 25.3 Å². The normalized spacial score (nSPS) is 29.6. The van der Waals surface area contributed by atoms with Gasteiger partial charge in [0.25, 0.3) is 5.91 Å². The fourth-order valence-corrected chi connectivity index (χ4v) is 4.10. The Bertz CT molecular complexity index is 580. The Morgan fingerprint density at radius 1 is 1.25 bits per heavy atom. The van der Waals surface area contributed by atoms with Gasteiger partial charge >= 0.3 is 0 Å². The second-order valence-corrected chi connectivity index (χ2v) is 7.41. The average molecular weight is 330 g/mol. The number of piperidine rings is 1. The highest BCUT2D eigenvalue weighted by Gasteiger charge is 2.44.